The number of rotatable bonds is 4. The van der Waals surface area contributed by atoms with Crippen LogP contribution in [0.4, 0.5) is 11.4 Å². The van der Waals surface area contributed by atoms with Crippen molar-refractivity contribution >= 4 is 51.7 Å². The van der Waals surface area contributed by atoms with Crippen LogP contribution in [-0.2, 0) is 9.59 Å². The maximum atomic E-state index is 12.9. The minimum atomic E-state index is -0.465. The molecule has 0 unspecified atom stereocenters. The smallest absolute Gasteiger partial charge is 0.244 e. The Labute approximate surface area is 178 Å². The number of thioether (sulfide) groups is 1. The number of carbonyl (C=O) groups excluding carboxylic acids is 2. The van der Waals surface area contributed by atoms with E-state index in [4.69, 9.17) is 11.6 Å². The summed E-state index contributed by atoms with van der Waals surface area (Å²) in [6, 6.07) is 13.2. The number of hydrogen-bond donors (Lipinski definition) is 1. The highest BCUT2D eigenvalue weighted by Gasteiger charge is 2.41. The summed E-state index contributed by atoms with van der Waals surface area (Å²) in [5.74, 6) is -0.298. The Bertz CT molecular complexity index is 1010. The van der Waals surface area contributed by atoms with E-state index in [0.717, 1.165) is 5.69 Å². The van der Waals surface area contributed by atoms with Crippen LogP contribution in [0.1, 0.15) is 17.5 Å². The van der Waals surface area contributed by atoms with Crippen molar-refractivity contribution < 1.29 is 9.59 Å². The molecule has 29 heavy (non-hydrogen) atoms. The Morgan fingerprint density at radius 3 is 2.83 bits per heavy atom. The predicted molar refractivity (Wildman–Crippen MR) is 118 cm³/mol. The molecule has 0 spiro atoms. The van der Waals surface area contributed by atoms with Gasteiger partial charge in [-0.1, -0.05) is 35.5 Å². The lowest BCUT2D eigenvalue weighted by atomic mass is 10.1. The molecule has 1 saturated heterocycles. The first-order valence-corrected chi connectivity index (χ1v) is 10.6. The van der Waals surface area contributed by atoms with Crippen molar-refractivity contribution in [3.8, 4) is 0 Å². The lowest BCUT2D eigenvalue weighted by Gasteiger charge is -2.32. The molecular weight excluding hydrogens is 408 g/mol. The molecule has 150 valence electrons. The maximum Gasteiger partial charge on any atom is 0.244 e. The molecule has 0 bridgehead atoms. The zero-order chi connectivity index (χ0) is 20.5. The Morgan fingerprint density at radius 2 is 2.07 bits per heavy atom. The van der Waals surface area contributed by atoms with E-state index < -0.39 is 5.25 Å². The molecule has 2 amide bonds. The van der Waals surface area contributed by atoms with Gasteiger partial charge in [0.25, 0.3) is 0 Å². The number of fused-ring (bicyclic) bond motifs is 1. The maximum absolute atomic E-state index is 12.9. The van der Waals surface area contributed by atoms with Crippen LogP contribution >= 0.6 is 23.4 Å². The molecule has 8 heteroatoms. The van der Waals surface area contributed by atoms with Gasteiger partial charge in [-0.25, -0.2) is 4.99 Å². The van der Waals surface area contributed by atoms with E-state index in [2.05, 4.69) is 41.2 Å². The normalized spacial score (nSPS) is 18.5. The monoisotopic (exact) mass is 428 g/mol. The van der Waals surface area contributed by atoms with E-state index in [0.29, 0.717) is 29.2 Å². The SMILES string of the molecule is Cc1ccc(N2CN=C3S[C@H](CC(=O)Nc4cccc(Cl)c4)C(=O)N3C2)cc1C. The largest absolute Gasteiger partial charge is 0.334 e. The third kappa shape index (κ3) is 4.26. The second-order valence-corrected chi connectivity index (χ2v) is 8.77. The highest BCUT2D eigenvalue weighted by molar-refractivity contribution is 8.15. The Kier molecular flexibility index (Phi) is 5.52. The molecule has 2 aromatic rings. The second kappa shape index (κ2) is 8.08. The van der Waals surface area contributed by atoms with Crippen LogP contribution in [0.15, 0.2) is 47.5 Å². The van der Waals surface area contributed by atoms with Gasteiger partial charge < -0.3 is 10.2 Å². The van der Waals surface area contributed by atoms with Crippen LogP contribution in [0.3, 0.4) is 0 Å². The minimum Gasteiger partial charge on any atom is -0.334 e. The molecule has 0 saturated carbocycles. The van der Waals surface area contributed by atoms with Crippen molar-refractivity contribution in [1.82, 2.24) is 4.90 Å². The van der Waals surface area contributed by atoms with Gasteiger partial charge in [0.05, 0.1) is 0 Å². The average molecular weight is 429 g/mol. The molecule has 1 N–H and O–H groups in total. The number of aliphatic imine (C=N–C) groups is 1. The van der Waals surface area contributed by atoms with E-state index in [1.165, 1.54) is 22.9 Å². The van der Waals surface area contributed by atoms with Crippen LogP contribution in [0.25, 0.3) is 0 Å². The fourth-order valence-corrected chi connectivity index (χ4v) is 4.60. The number of nitrogens with one attached hydrogen (secondary N) is 1. The van der Waals surface area contributed by atoms with Crippen LogP contribution in [-0.4, -0.2) is 40.5 Å². The number of hydrogen-bond acceptors (Lipinski definition) is 5. The number of anilines is 2. The highest BCUT2D eigenvalue weighted by Crippen LogP contribution is 2.33. The van der Waals surface area contributed by atoms with E-state index in [9.17, 15) is 9.59 Å². The first-order valence-electron chi connectivity index (χ1n) is 9.31. The minimum absolute atomic E-state index is 0.0801. The quantitative estimate of drug-likeness (QED) is 0.798. The van der Waals surface area contributed by atoms with Crippen molar-refractivity contribution in [2.45, 2.75) is 25.5 Å². The molecule has 2 aromatic carbocycles. The molecule has 2 aliphatic rings. The molecule has 0 aromatic heterocycles. The van der Waals surface area contributed by atoms with Gasteiger partial charge in [0.2, 0.25) is 11.8 Å². The third-order valence-corrected chi connectivity index (χ3v) is 6.49. The number of amidine groups is 1. The number of halogens is 1. The molecule has 4 rings (SSSR count). The summed E-state index contributed by atoms with van der Waals surface area (Å²) in [5.41, 5.74) is 4.09. The van der Waals surface area contributed by atoms with Crippen LogP contribution in [0.2, 0.25) is 5.02 Å². The fourth-order valence-electron chi connectivity index (χ4n) is 3.28. The predicted octanol–water partition coefficient (Wildman–Crippen LogP) is 4.02. The summed E-state index contributed by atoms with van der Waals surface area (Å²) in [6.07, 6.45) is 0.0924. The summed E-state index contributed by atoms with van der Waals surface area (Å²) in [7, 11) is 0. The molecule has 0 aliphatic carbocycles. The first-order chi connectivity index (χ1) is 13.9. The van der Waals surface area contributed by atoms with Crippen LogP contribution in [0.5, 0.6) is 0 Å². The zero-order valence-electron chi connectivity index (χ0n) is 16.2. The van der Waals surface area contributed by atoms with Crippen LogP contribution in [0, 0.1) is 13.8 Å². The van der Waals surface area contributed by atoms with Gasteiger partial charge in [0.15, 0.2) is 5.17 Å². The highest BCUT2D eigenvalue weighted by atomic mass is 35.5. The molecule has 6 nitrogen and oxygen atoms in total. The summed E-state index contributed by atoms with van der Waals surface area (Å²) in [5, 5.41) is 3.57. The fraction of sp³-hybridized carbons (Fsp3) is 0.286. The van der Waals surface area contributed by atoms with Gasteiger partial charge in [-0.2, -0.15) is 0 Å². The Balaban J connectivity index is 1.41. The van der Waals surface area contributed by atoms with Gasteiger partial charge in [-0.05, 0) is 55.3 Å². The number of aryl methyl sites for hydroxylation is 2. The van der Waals surface area contributed by atoms with Crippen molar-refractivity contribution in [3.63, 3.8) is 0 Å². The Hall–Kier alpha value is -2.51. The molecular formula is C21H21ClN4O2S. The van der Waals surface area contributed by atoms with Crippen LogP contribution < -0.4 is 10.2 Å². The molecule has 1 atom stereocenters. The number of benzene rings is 2. The molecule has 1 fully saturated rings. The molecule has 2 aliphatic heterocycles. The van der Waals surface area contributed by atoms with E-state index in [-0.39, 0.29) is 18.2 Å². The van der Waals surface area contributed by atoms with Gasteiger partial charge in [0.1, 0.15) is 18.6 Å². The second-order valence-electron chi connectivity index (χ2n) is 7.17. The standard InChI is InChI=1S/C21H21ClN4O2S/c1-13-6-7-17(8-14(13)2)25-11-23-21-26(12-25)20(28)18(29-21)10-19(27)24-16-5-3-4-15(22)9-16/h3-9,18H,10-12H2,1-2H3,(H,24,27)/t18-/m1/s1. The lowest BCUT2D eigenvalue weighted by Crippen LogP contribution is -2.46. The molecule has 2 heterocycles. The number of amides is 2. The van der Waals surface area contributed by atoms with Gasteiger partial charge in [-0.15, -0.1) is 0 Å². The van der Waals surface area contributed by atoms with Gasteiger partial charge in [0, 0.05) is 22.8 Å². The van der Waals surface area contributed by atoms with Crippen molar-refractivity contribution in [2.75, 3.05) is 23.6 Å². The van der Waals surface area contributed by atoms with Crippen molar-refractivity contribution in [2.24, 2.45) is 4.99 Å². The summed E-state index contributed by atoms with van der Waals surface area (Å²) >= 11 is 7.31. The van der Waals surface area contributed by atoms with E-state index >= 15 is 0 Å². The topological polar surface area (TPSA) is 65.0 Å². The summed E-state index contributed by atoms with van der Waals surface area (Å²) < 4.78 is 0. The molecule has 0 radical (unpaired) electrons. The zero-order valence-corrected chi connectivity index (χ0v) is 17.8. The summed E-state index contributed by atoms with van der Waals surface area (Å²) in [6.45, 7) is 5.09. The Morgan fingerprint density at radius 1 is 1.24 bits per heavy atom. The summed E-state index contributed by atoms with van der Waals surface area (Å²) in [4.78, 5) is 33.6. The van der Waals surface area contributed by atoms with Crippen molar-refractivity contribution in [3.05, 3.63) is 58.6 Å². The number of nitrogens with zero attached hydrogens (tertiary/aromatic N) is 3. The number of carbonyl (C=O) groups is 2. The van der Waals surface area contributed by atoms with E-state index in [1.54, 1.807) is 29.2 Å². The van der Waals surface area contributed by atoms with Crippen molar-refractivity contribution in [1.29, 1.82) is 0 Å². The average Bonchev–Trinajstić information content (AvgIpc) is 2.99. The lowest BCUT2D eigenvalue weighted by molar-refractivity contribution is -0.128. The van der Waals surface area contributed by atoms with Gasteiger partial charge >= 0.3 is 0 Å². The van der Waals surface area contributed by atoms with Gasteiger partial charge in [-0.3, -0.25) is 14.5 Å². The van der Waals surface area contributed by atoms with E-state index in [1.807, 2.05) is 6.07 Å². The third-order valence-electron chi connectivity index (χ3n) is 5.04. The first kappa shape index (κ1) is 19.8.